The van der Waals surface area contributed by atoms with Crippen LogP contribution in [0.2, 0.25) is 0 Å². The van der Waals surface area contributed by atoms with Crippen molar-refractivity contribution >= 4 is 16.9 Å². The Kier molecular flexibility index (Phi) is 4.35. The molecule has 0 amide bonds. The molecule has 96 valence electrons. The average molecular weight is 252 g/mol. The summed E-state index contributed by atoms with van der Waals surface area (Å²) in [5.74, 6) is 2.56. The Morgan fingerprint density at radius 3 is 2.47 bits per heavy atom. The molecule has 0 N–H and O–H groups in total. The number of rotatable bonds is 3. The Morgan fingerprint density at radius 1 is 1.24 bits per heavy atom. The van der Waals surface area contributed by atoms with E-state index in [-0.39, 0.29) is 5.12 Å². The molecular weight excluding hydrogens is 228 g/mol. The number of thioether (sulfide) groups is 1. The minimum absolute atomic E-state index is 0.217. The van der Waals surface area contributed by atoms with Crippen LogP contribution in [-0.4, -0.2) is 10.4 Å². The first-order valence-electron chi connectivity index (χ1n) is 6.94. The quantitative estimate of drug-likeness (QED) is 0.691. The van der Waals surface area contributed by atoms with Crippen molar-refractivity contribution < 1.29 is 4.79 Å². The highest BCUT2D eigenvalue weighted by molar-refractivity contribution is 8.14. The maximum Gasteiger partial charge on any atom is 0.214 e. The Hall–Kier alpha value is -0.240. The summed E-state index contributed by atoms with van der Waals surface area (Å²) in [5.41, 5.74) is 0.709. The minimum atomic E-state index is 0.217. The van der Waals surface area contributed by atoms with Crippen molar-refractivity contribution in [3.63, 3.8) is 0 Å². The van der Waals surface area contributed by atoms with Crippen LogP contribution in [0, 0.1) is 17.8 Å². The predicted octanol–water partition coefficient (Wildman–Crippen LogP) is 4.43. The van der Waals surface area contributed by atoms with E-state index in [1.165, 1.54) is 38.5 Å². The van der Waals surface area contributed by atoms with Crippen LogP contribution in [-0.2, 0) is 4.79 Å². The molecular formula is C15H24OS. The lowest BCUT2D eigenvalue weighted by Crippen LogP contribution is -2.35. The molecule has 17 heavy (non-hydrogen) atoms. The lowest BCUT2D eigenvalue weighted by Gasteiger charge is -2.42. The molecule has 0 radical (unpaired) electrons. The number of hydrogen-bond donors (Lipinski definition) is 0. The molecule has 0 heterocycles. The molecule has 0 aromatic heterocycles. The number of carbonyl (C=O) groups is 1. The van der Waals surface area contributed by atoms with Gasteiger partial charge in [0.1, 0.15) is 0 Å². The van der Waals surface area contributed by atoms with E-state index in [0.717, 1.165) is 17.8 Å². The van der Waals surface area contributed by atoms with E-state index in [1.807, 2.05) is 6.92 Å². The largest absolute Gasteiger partial charge is 0.282 e. The Balaban J connectivity index is 1.97. The van der Waals surface area contributed by atoms with Gasteiger partial charge < -0.3 is 0 Å². The van der Waals surface area contributed by atoms with E-state index in [2.05, 4.69) is 13.5 Å². The molecule has 2 saturated carbocycles. The first-order valence-corrected chi connectivity index (χ1v) is 7.82. The summed E-state index contributed by atoms with van der Waals surface area (Å²) in [7, 11) is 0. The smallest absolute Gasteiger partial charge is 0.214 e. The van der Waals surface area contributed by atoms with Crippen molar-refractivity contribution in [1.29, 1.82) is 0 Å². The van der Waals surface area contributed by atoms with Gasteiger partial charge in [0.05, 0.1) is 0 Å². The number of hydrogen-bond acceptors (Lipinski definition) is 2. The molecule has 2 aliphatic rings. The van der Waals surface area contributed by atoms with Crippen LogP contribution in [0.4, 0.5) is 0 Å². The van der Waals surface area contributed by atoms with Gasteiger partial charge in [-0.15, -0.1) is 0 Å². The van der Waals surface area contributed by atoms with Crippen molar-refractivity contribution in [2.45, 2.75) is 57.6 Å². The topological polar surface area (TPSA) is 17.1 Å². The van der Waals surface area contributed by atoms with E-state index >= 15 is 0 Å². The second-order valence-corrected chi connectivity index (χ2v) is 7.21. The third kappa shape index (κ3) is 3.15. The zero-order valence-electron chi connectivity index (χ0n) is 11.1. The summed E-state index contributed by atoms with van der Waals surface area (Å²) >= 11 is 1.58. The third-order valence-corrected chi connectivity index (χ3v) is 5.91. The lowest BCUT2D eigenvalue weighted by molar-refractivity contribution is -0.107. The van der Waals surface area contributed by atoms with Gasteiger partial charge in [-0.25, -0.2) is 0 Å². The van der Waals surface area contributed by atoms with Crippen LogP contribution in [0.3, 0.4) is 0 Å². The summed E-state index contributed by atoms with van der Waals surface area (Å²) in [6.45, 7) is 7.97. The normalized spacial score (nSPS) is 34.1. The molecule has 0 aliphatic heterocycles. The van der Waals surface area contributed by atoms with Gasteiger partial charge >= 0.3 is 0 Å². The van der Waals surface area contributed by atoms with Crippen LogP contribution in [0.15, 0.2) is 12.2 Å². The first-order chi connectivity index (χ1) is 8.08. The highest BCUT2D eigenvalue weighted by Gasteiger charge is 2.38. The van der Waals surface area contributed by atoms with Gasteiger partial charge in [-0.3, -0.25) is 4.79 Å². The monoisotopic (exact) mass is 252 g/mol. The first kappa shape index (κ1) is 13.2. The van der Waals surface area contributed by atoms with Gasteiger partial charge in [-0.1, -0.05) is 44.5 Å². The Morgan fingerprint density at radius 2 is 1.94 bits per heavy atom. The summed E-state index contributed by atoms with van der Waals surface area (Å²) in [5, 5.41) is 0.787. The average Bonchev–Trinajstić information content (AvgIpc) is 2.19. The van der Waals surface area contributed by atoms with Crippen LogP contribution >= 0.6 is 11.8 Å². The minimum Gasteiger partial charge on any atom is -0.282 e. The second-order valence-electron chi connectivity index (χ2n) is 6.00. The van der Waals surface area contributed by atoms with Crippen molar-refractivity contribution in [3.8, 4) is 0 Å². The molecule has 2 heteroatoms. The van der Waals surface area contributed by atoms with Gasteiger partial charge in [0.2, 0.25) is 5.12 Å². The van der Waals surface area contributed by atoms with E-state index in [0.29, 0.717) is 10.8 Å². The molecule has 2 aliphatic carbocycles. The summed E-state index contributed by atoms with van der Waals surface area (Å²) in [6, 6.07) is 0. The fraction of sp³-hybridized carbons (Fsp3) is 0.800. The molecule has 2 fully saturated rings. The predicted molar refractivity (Wildman–Crippen MR) is 75.0 cm³/mol. The van der Waals surface area contributed by atoms with Crippen molar-refractivity contribution in [2.24, 2.45) is 17.8 Å². The molecule has 1 nitrogen and oxygen atoms in total. The van der Waals surface area contributed by atoms with Gasteiger partial charge in [-0.05, 0) is 49.5 Å². The van der Waals surface area contributed by atoms with E-state index in [9.17, 15) is 4.79 Å². The highest BCUT2D eigenvalue weighted by Crippen LogP contribution is 2.47. The summed E-state index contributed by atoms with van der Waals surface area (Å²) in [6.07, 6.45) is 8.06. The van der Waals surface area contributed by atoms with Gasteiger partial charge in [-0.2, -0.15) is 0 Å². The Labute approximate surface area is 109 Å². The van der Waals surface area contributed by atoms with Crippen LogP contribution in [0.5, 0.6) is 0 Å². The summed E-state index contributed by atoms with van der Waals surface area (Å²) in [4.78, 5) is 11.8. The maximum absolute atomic E-state index is 11.8. The molecule has 3 atom stereocenters. The molecule has 0 aromatic rings. The standard InChI is InChI=1S/C15H24OS/c1-10(2)15(16)17-14-8-7-11(3)9-13(14)12-5-4-6-12/h11-14H,1,4-9H2,2-3H3. The zero-order chi connectivity index (χ0) is 12.4. The SMILES string of the molecule is C=C(C)C(=O)SC1CCC(C)CC1C1CCC1. The molecule has 0 aromatic carbocycles. The molecule has 0 saturated heterocycles. The lowest BCUT2D eigenvalue weighted by atomic mass is 9.68. The van der Waals surface area contributed by atoms with Gasteiger partial charge in [0.25, 0.3) is 0 Å². The highest BCUT2D eigenvalue weighted by atomic mass is 32.2. The number of carbonyl (C=O) groups excluding carboxylic acids is 1. The van der Waals surface area contributed by atoms with Gasteiger partial charge in [0, 0.05) is 5.25 Å². The zero-order valence-corrected chi connectivity index (χ0v) is 11.9. The van der Waals surface area contributed by atoms with Crippen molar-refractivity contribution in [1.82, 2.24) is 0 Å². The van der Waals surface area contributed by atoms with Gasteiger partial charge in [0.15, 0.2) is 0 Å². The Bertz CT molecular complexity index is 306. The van der Waals surface area contributed by atoms with Crippen LogP contribution < -0.4 is 0 Å². The van der Waals surface area contributed by atoms with E-state index in [4.69, 9.17) is 0 Å². The van der Waals surface area contributed by atoms with Crippen molar-refractivity contribution in [3.05, 3.63) is 12.2 Å². The van der Waals surface area contributed by atoms with Crippen LogP contribution in [0.1, 0.15) is 52.4 Å². The van der Waals surface area contributed by atoms with E-state index in [1.54, 1.807) is 11.8 Å². The molecule has 3 unspecified atom stereocenters. The molecule has 0 spiro atoms. The molecule has 0 bridgehead atoms. The fourth-order valence-corrected chi connectivity index (χ4v) is 4.38. The fourth-order valence-electron chi connectivity index (χ4n) is 3.15. The molecule has 2 rings (SSSR count). The third-order valence-electron chi connectivity index (χ3n) is 4.46. The van der Waals surface area contributed by atoms with Crippen LogP contribution in [0.25, 0.3) is 0 Å². The maximum atomic E-state index is 11.8. The summed E-state index contributed by atoms with van der Waals surface area (Å²) < 4.78 is 0. The van der Waals surface area contributed by atoms with Crippen molar-refractivity contribution in [2.75, 3.05) is 0 Å². The second kappa shape index (κ2) is 5.60. The van der Waals surface area contributed by atoms with E-state index < -0.39 is 0 Å².